The van der Waals surface area contributed by atoms with Gasteiger partial charge >= 0.3 is 6.01 Å². The molecule has 43 heavy (non-hydrogen) atoms. The summed E-state index contributed by atoms with van der Waals surface area (Å²) in [5.74, 6) is 1.34. The SMILES string of the molecule is [C-]#[N+]C[C@H]1CN(c2nc(OC3CC3CN(C)C)nc3c2CCN(c2cccc4cccc(C)c24)C3)CCN1C(=O)/C=C/C. The molecule has 0 spiro atoms. The maximum Gasteiger partial charge on any atom is 0.318 e. The predicted molar refractivity (Wildman–Crippen MR) is 171 cm³/mol. The van der Waals surface area contributed by atoms with Gasteiger partial charge in [0.25, 0.3) is 0 Å². The highest BCUT2D eigenvalue weighted by Gasteiger charge is 2.41. The third-order valence-electron chi connectivity index (χ3n) is 8.85. The molecule has 3 atom stereocenters. The lowest BCUT2D eigenvalue weighted by Gasteiger charge is -2.41. The van der Waals surface area contributed by atoms with Crippen LogP contribution in [0.4, 0.5) is 11.5 Å². The molecule has 2 fully saturated rings. The summed E-state index contributed by atoms with van der Waals surface area (Å²) in [7, 11) is 4.18. The first kappa shape index (κ1) is 28.9. The van der Waals surface area contributed by atoms with E-state index in [9.17, 15) is 4.79 Å². The van der Waals surface area contributed by atoms with Crippen LogP contribution in [0.2, 0.25) is 0 Å². The number of piperazine rings is 1. The van der Waals surface area contributed by atoms with Crippen LogP contribution in [0.15, 0.2) is 48.6 Å². The van der Waals surface area contributed by atoms with E-state index in [-0.39, 0.29) is 24.6 Å². The molecule has 9 nitrogen and oxygen atoms in total. The summed E-state index contributed by atoms with van der Waals surface area (Å²) in [4.78, 5) is 35.3. The van der Waals surface area contributed by atoms with E-state index in [0.717, 1.165) is 43.0 Å². The molecule has 2 aliphatic heterocycles. The monoisotopic (exact) mass is 579 g/mol. The van der Waals surface area contributed by atoms with Gasteiger partial charge in [0, 0.05) is 55.3 Å². The van der Waals surface area contributed by atoms with Crippen molar-refractivity contribution in [2.75, 3.05) is 63.2 Å². The number of fused-ring (bicyclic) bond motifs is 2. The second kappa shape index (κ2) is 12.2. The highest BCUT2D eigenvalue weighted by molar-refractivity contribution is 5.97. The van der Waals surface area contributed by atoms with Crippen molar-refractivity contribution in [1.29, 1.82) is 0 Å². The molecule has 1 aliphatic carbocycles. The normalized spacial score (nSPS) is 21.8. The Kier molecular flexibility index (Phi) is 8.22. The van der Waals surface area contributed by atoms with Crippen LogP contribution in [-0.4, -0.2) is 91.2 Å². The van der Waals surface area contributed by atoms with Gasteiger partial charge in [-0.3, -0.25) is 4.79 Å². The van der Waals surface area contributed by atoms with E-state index in [1.54, 1.807) is 12.2 Å². The topological polar surface area (TPSA) is 69.4 Å². The summed E-state index contributed by atoms with van der Waals surface area (Å²) in [6.07, 6.45) is 5.30. The predicted octanol–water partition coefficient (Wildman–Crippen LogP) is 4.34. The van der Waals surface area contributed by atoms with Crippen molar-refractivity contribution in [2.24, 2.45) is 5.92 Å². The van der Waals surface area contributed by atoms with Crippen LogP contribution in [0.1, 0.15) is 30.2 Å². The molecular weight excluding hydrogens is 538 g/mol. The number of anilines is 2. The van der Waals surface area contributed by atoms with Gasteiger partial charge < -0.3 is 29.2 Å². The average molecular weight is 580 g/mol. The minimum absolute atomic E-state index is 0.0359. The highest BCUT2D eigenvalue weighted by Crippen LogP contribution is 2.38. The number of hydrogen-bond donors (Lipinski definition) is 0. The third-order valence-corrected chi connectivity index (χ3v) is 8.85. The Bertz CT molecular complexity index is 1570. The van der Waals surface area contributed by atoms with Crippen molar-refractivity contribution in [1.82, 2.24) is 19.8 Å². The number of rotatable bonds is 8. The van der Waals surface area contributed by atoms with E-state index in [4.69, 9.17) is 21.3 Å². The molecule has 3 heterocycles. The number of allylic oxidation sites excluding steroid dienone is 1. The molecule has 1 saturated heterocycles. The molecule has 0 N–H and O–H groups in total. The molecule has 2 unspecified atom stereocenters. The number of carbonyl (C=O) groups excluding carboxylic acids is 1. The van der Waals surface area contributed by atoms with Crippen molar-refractivity contribution in [3.63, 3.8) is 0 Å². The molecule has 3 aromatic rings. The van der Waals surface area contributed by atoms with Crippen molar-refractivity contribution < 1.29 is 9.53 Å². The molecule has 9 heteroatoms. The maximum atomic E-state index is 12.8. The number of nitrogens with zero attached hydrogens (tertiary/aromatic N) is 7. The lowest BCUT2D eigenvalue weighted by molar-refractivity contribution is -0.128. The van der Waals surface area contributed by atoms with Crippen LogP contribution >= 0.6 is 0 Å². The third kappa shape index (κ3) is 6.02. The molecule has 1 amide bonds. The van der Waals surface area contributed by atoms with Crippen LogP contribution in [0.3, 0.4) is 0 Å². The van der Waals surface area contributed by atoms with Gasteiger partial charge in [-0.15, -0.1) is 0 Å². The summed E-state index contributed by atoms with van der Waals surface area (Å²) in [6.45, 7) is 16.1. The van der Waals surface area contributed by atoms with Gasteiger partial charge in [0.15, 0.2) is 0 Å². The van der Waals surface area contributed by atoms with Crippen molar-refractivity contribution in [3.05, 3.63) is 76.8 Å². The van der Waals surface area contributed by atoms with Crippen LogP contribution in [-0.2, 0) is 17.8 Å². The first-order valence-electron chi connectivity index (χ1n) is 15.3. The number of aryl methyl sites for hydroxylation is 1. The van der Waals surface area contributed by atoms with Crippen molar-refractivity contribution >= 4 is 28.2 Å². The summed E-state index contributed by atoms with van der Waals surface area (Å²) < 4.78 is 6.42. The second-order valence-corrected chi connectivity index (χ2v) is 12.3. The van der Waals surface area contributed by atoms with E-state index in [2.05, 4.69) is 77.0 Å². The zero-order chi connectivity index (χ0) is 30.1. The summed E-state index contributed by atoms with van der Waals surface area (Å²) >= 11 is 0. The zero-order valence-electron chi connectivity index (χ0n) is 25.7. The highest BCUT2D eigenvalue weighted by atomic mass is 16.5. The number of ether oxygens (including phenoxy) is 1. The Morgan fingerprint density at radius 2 is 1.95 bits per heavy atom. The van der Waals surface area contributed by atoms with Gasteiger partial charge in [-0.25, -0.2) is 6.57 Å². The largest absolute Gasteiger partial charge is 0.460 e. The van der Waals surface area contributed by atoms with Gasteiger partial charge in [0.05, 0.1) is 12.2 Å². The summed E-state index contributed by atoms with van der Waals surface area (Å²) in [6, 6.07) is 13.2. The maximum absolute atomic E-state index is 12.8. The van der Waals surface area contributed by atoms with E-state index in [0.29, 0.717) is 38.1 Å². The number of aromatic nitrogens is 2. The number of amides is 1. The fraction of sp³-hybridized carbons (Fsp3) is 0.471. The average Bonchev–Trinajstić information content (AvgIpc) is 3.72. The molecule has 224 valence electrons. The molecular formula is C34H41N7O2. The summed E-state index contributed by atoms with van der Waals surface area (Å²) in [5, 5.41) is 2.53. The molecule has 0 radical (unpaired) electrons. The van der Waals surface area contributed by atoms with E-state index >= 15 is 0 Å². The first-order valence-corrected chi connectivity index (χ1v) is 15.3. The molecule has 6 rings (SSSR count). The van der Waals surface area contributed by atoms with Crippen LogP contribution in [0.25, 0.3) is 15.6 Å². The van der Waals surface area contributed by atoms with Gasteiger partial charge in [-0.1, -0.05) is 36.4 Å². The van der Waals surface area contributed by atoms with Gasteiger partial charge in [-0.05, 0) is 63.9 Å². The number of hydrogen-bond acceptors (Lipinski definition) is 7. The summed E-state index contributed by atoms with van der Waals surface area (Å²) in [5.41, 5.74) is 4.64. The first-order chi connectivity index (χ1) is 20.9. The fourth-order valence-electron chi connectivity index (χ4n) is 6.68. The molecule has 3 aliphatic rings. The Morgan fingerprint density at radius 1 is 1.14 bits per heavy atom. The molecule has 0 bridgehead atoms. The molecule has 1 aromatic heterocycles. The zero-order valence-corrected chi connectivity index (χ0v) is 25.7. The van der Waals surface area contributed by atoms with E-state index in [1.165, 1.54) is 22.0 Å². The lowest BCUT2D eigenvalue weighted by atomic mass is 9.99. The Labute approximate surface area is 254 Å². The Hall–Kier alpha value is -4.16. The Balaban J connectivity index is 1.33. The second-order valence-electron chi connectivity index (χ2n) is 12.3. The van der Waals surface area contributed by atoms with Crippen LogP contribution < -0.4 is 14.5 Å². The Morgan fingerprint density at radius 3 is 2.72 bits per heavy atom. The van der Waals surface area contributed by atoms with Crippen LogP contribution in [0, 0.1) is 19.4 Å². The van der Waals surface area contributed by atoms with E-state index < -0.39 is 0 Å². The smallest absolute Gasteiger partial charge is 0.318 e. The number of benzene rings is 2. The lowest BCUT2D eigenvalue weighted by Crippen LogP contribution is -2.56. The minimum Gasteiger partial charge on any atom is -0.460 e. The van der Waals surface area contributed by atoms with Crippen LogP contribution in [0.5, 0.6) is 6.01 Å². The quantitative estimate of drug-likeness (QED) is 0.291. The minimum atomic E-state index is -0.198. The number of carbonyl (C=O) groups is 1. The molecule has 1 saturated carbocycles. The van der Waals surface area contributed by atoms with Crippen molar-refractivity contribution in [3.8, 4) is 6.01 Å². The molecule has 2 aromatic carbocycles. The van der Waals surface area contributed by atoms with E-state index in [1.807, 2.05) is 11.8 Å². The van der Waals surface area contributed by atoms with Gasteiger partial charge in [0.1, 0.15) is 18.0 Å². The van der Waals surface area contributed by atoms with Gasteiger partial charge in [-0.2, -0.15) is 9.97 Å². The fourth-order valence-corrected chi connectivity index (χ4v) is 6.68. The van der Waals surface area contributed by atoms with Crippen molar-refractivity contribution in [2.45, 2.75) is 45.4 Å². The van der Waals surface area contributed by atoms with Gasteiger partial charge in [0.2, 0.25) is 12.5 Å². The standard InChI is InChI=1S/C34H41N7O2/c1-6-9-31(42)41-17-16-40(21-26(41)19-35-3)33-27-14-15-39(29-13-8-12-24-11-7-10-23(2)32(24)29)22-28(27)36-34(37-33)43-30-18-25(30)20-38(4)5/h6-13,25-26,30H,14-22H2,1-2,4-5H3/b9-6+/t25?,26-,30?/m0/s1.